The SMILES string of the molecule is CCCCCCCCCCCCCCCCC[n+]1ccn(CCCCCCCCCCCCCCCC)c1CCCC. The number of aryl methyl sites for hydroxylation is 2. The predicted octanol–water partition coefficient (Wildman–Crippen LogP) is 13.5. The van der Waals surface area contributed by atoms with Gasteiger partial charge in [-0.2, -0.15) is 0 Å². The summed E-state index contributed by atoms with van der Waals surface area (Å²) in [5.41, 5.74) is 0. The molecule has 0 aliphatic carbocycles. The van der Waals surface area contributed by atoms with Gasteiger partial charge in [0.15, 0.2) is 0 Å². The van der Waals surface area contributed by atoms with Crippen LogP contribution in [0.4, 0.5) is 0 Å². The van der Waals surface area contributed by atoms with Crippen LogP contribution in [0.2, 0.25) is 0 Å². The molecule has 0 aromatic carbocycles. The van der Waals surface area contributed by atoms with E-state index >= 15 is 0 Å². The fourth-order valence-corrected chi connectivity index (χ4v) is 6.66. The molecular weight excluding hydrogens is 508 g/mol. The molecule has 42 heavy (non-hydrogen) atoms. The van der Waals surface area contributed by atoms with Crippen molar-refractivity contribution in [3.63, 3.8) is 0 Å². The Labute approximate surface area is 266 Å². The number of imidazole rings is 1. The normalized spacial score (nSPS) is 11.6. The van der Waals surface area contributed by atoms with Crippen LogP contribution in [0.5, 0.6) is 0 Å². The number of unbranched alkanes of at least 4 members (excludes halogenated alkanes) is 28. The first kappa shape index (κ1) is 39.2. The highest BCUT2D eigenvalue weighted by atomic mass is 15.1. The van der Waals surface area contributed by atoms with Gasteiger partial charge in [0.2, 0.25) is 0 Å². The van der Waals surface area contributed by atoms with Gasteiger partial charge >= 0.3 is 0 Å². The van der Waals surface area contributed by atoms with Crippen molar-refractivity contribution >= 4 is 0 Å². The third kappa shape index (κ3) is 23.6. The van der Waals surface area contributed by atoms with Crippen LogP contribution >= 0.6 is 0 Å². The van der Waals surface area contributed by atoms with E-state index in [1.807, 2.05) is 0 Å². The highest BCUT2D eigenvalue weighted by Gasteiger charge is 2.16. The lowest BCUT2D eigenvalue weighted by Crippen LogP contribution is -2.37. The molecule has 1 rings (SSSR count). The van der Waals surface area contributed by atoms with Gasteiger partial charge in [-0.1, -0.05) is 188 Å². The van der Waals surface area contributed by atoms with Gasteiger partial charge in [0.05, 0.1) is 13.1 Å². The molecule has 0 aliphatic heterocycles. The lowest BCUT2D eigenvalue weighted by molar-refractivity contribution is -0.704. The van der Waals surface area contributed by atoms with Crippen molar-refractivity contribution in [2.45, 2.75) is 239 Å². The van der Waals surface area contributed by atoms with Crippen LogP contribution in [-0.4, -0.2) is 4.57 Å². The Balaban J connectivity index is 2.05. The van der Waals surface area contributed by atoms with E-state index in [1.54, 1.807) is 5.82 Å². The van der Waals surface area contributed by atoms with Crippen LogP contribution in [0.25, 0.3) is 0 Å². The third-order valence-electron chi connectivity index (χ3n) is 9.60. The van der Waals surface area contributed by atoms with Gasteiger partial charge in [0.1, 0.15) is 12.4 Å². The van der Waals surface area contributed by atoms with E-state index in [4.69, 9.17) is 0 Å². The second-order valence-electron chi connectivity index (χ2n) is 13.8. The average Bonchev–Trinajstić information content (AvgIpc) is 3.39. The summed E-state index contributed by atoms with van der Waals surface area (Å²) in [4.78, 5) is 0. The lowest BCUT2D eigenvalue weighted by Gasteiger charge is -2.06. The Kier molecular flexibility index (Phi) is 29.5. The van der Waals surface area contributed by atoms with E-state index in [9.17, 15) is 0 Å². The van der Waals surface area contributed by atoms with Gasteiger partial charge < -0.3 is 0 Å². The topological polar surface area (TPSA) is 8.81 Å². The second kappa shape index (κ2) is 31.6. The number of aromatic nitrogens is 2. The smallest absolute Gasteiger partial charge is 0.234 e. The molecule has 1 aromatic heterocycles. The summed E-state index contributed by atoms with van der Waals surface area (Å²) in [6, 6.07) is 0. The number of hydrogen-bond acceptors (Lipinski definition) is 0. The molecule has 0 bridgehead atoms. The lowest BCUT2D eigenvalue weighted by atomic mass is 10.0. The molecule has 1 heterocycles. The van der Waals surface area contributed by atoms with Crippen molar-refractivity contribution in [1.29, 1.82) is 0 Å². The van der Waals surface area contributed by atoms with E-state index in [0.29, 0.717) is 0 Å². The first-order valence-corrected chi connectivity index (χ1v) is 19.9. The first-order valence-electron chi connectivity index (χ1n) is 19.9. The average molecular weight is 588 g/mol. The first-order chi connectivity index (χ1) is 20.8. The second-order valence-corrected chi connectivity index (χ2v) is 13.8. The van der Waals surface area contributed by atoms with Crippen LogP contribution in [-0.2, 0) is 19.5 Å². The molecule has 0 amide bonds. The Hall–Kier alpha value is -0.790. The molecule has 0 saturated carbocycles. The minimum absolute atomic E-state index is 1.23. The highest BCUT2D eigenvalue weighted by Crippen LogP contribution is 2.15. The van der Waals surface area contributed by atoms with Crippen LogP contribution < -0.4 is 4.57 Å². The maximum absolute atomic E-state index is 2.60. The van der Waals surface area contributed by atoms with E-state index in [-0.39, 0.29) is 0 Å². The maximum atomic E-state index is 2.60. The maximum Gasteiger partial charge on any atom is 0.256 e. The van der Waals surface area contributed by atoms with Crippen LogP contribution in [0.1, 0.15) is 226 Å². The summed E-state index contributed by atoms with van der Waals surface area (Å²) in [6.07, 6.45) is 50.5. The van der Waals surface area contributed by atoms with E-state index < -0.39 is 0 Å². The molecule has 248 valence electrons. The summed E-state index contributed by atoms with van der Waals surface area (Å²) in [5, 5.41) is 0. The van der Waals surface area contributed by atoms with Crippen LogP contribution in [0.3, 0.4) is 0 Å². The van der Waals surface area contributed by atoms with Crippen molar-refractivity contribution in [2.24, 2.45) is 0 Å². The van der Waals surface area contributed by atoms with Gasteiger partial charge in [0.25, 0.3) is 5.82 Å². The molecule has 0 aliphatic rings. The molecule has 0 radical (unpaired) electrons. The highest BCUT2D eigenvalue weighted by molar-refractivity contribution is 4.84. The van der Waals surface area contributed by atoms with Gasteiger partial charge in [-0.3, -0.25) is 0 Å². The van der Waals surface area contributed by atoms with Crippen LogP contribution in [0.15, 0.2) is 12.4 Å². The minimum atomic E-state index is 1.23. The Morgan fingerprint density at radius 3 is 1.12 bits per heavy atom. The molecule has 0 saturated heterocycles. The predicted molar refractivity (Wildman–Crippen MR) is 188 cm³/mol. The Morgan fingerprint density at radius 1 is 0.405 bits per heavy atom. The molecule has 0 fully saturated rings. The zero-order chi connectivity index (χ0) is 30.2. The molecule has 1 aromatic rings. The van der Waals surface area contributed by atoms with Crippen LogP contribution in [0, 0.1) is 0 Å². The Bertz CT molecular complexity index is 648. The zero-order valence-corrected chi connectivity index (χ0v) is 29.6. The number of nitrogens with zero attached hydrogens (tertiary/aromatic N) is 2. The summed E-state index contributed by atoms with van der Waals surface area (Å²) in [7, 11) is 0. The van der Waals surface area contributed by atoms with Gasteiger partial charge in [-0.05, 0) is 32.1 Å². The van der Waals surface area contributed by atoms with Crippen molar-refractivity contribution in [1.82, 2.24) is 4.57 Å². The third-order valence-corrected chi connectivity index (χ3v) is 9.60. The summed E-state index contributed by atoms with van der Waals surface area (Å²) >= 11 is 0. The van der Waals surface area contributed by atoms with Gasteiger partial charge in [-0.15, -0.1) is 0 Å². The summed E-state index contributed by atoms with van der Waals surface area (Å²) < 4.78 is 5.20. The summed E-state index contributed by atoms with van der Waals surface area (Å²) in [5.74, 6) is 1.59. The van der Waals surface area contributed by atoms with Crippen molar-refractivity contribution in [3.8, 4) is 0 Å². The fourth-order valence-electron chi connectivity index (χ4n) is 6.66. The monoisotopic (exact) mass is 588 g/mol. The molecule has 2 nitrogen and oxygen atoms in total. The molecule has 0 N–H and O–H groups in total. The summed E-state index contributed by atoms with van der Waals surface area (Å²) in [6.45, 7) is 9.40. The van der Waals surface area contributed by atoms with Crippen molar-refractivity contribution in [2.75, 3.05) is 0 Å². The number of rotatable bonds is 34. The molecule has 0 spiro atoms. The Morgan fingerprint density at radius 2 is 0.738 bits per heavy atom. The standard InChI is InChI=1S/C40H79N2/c1-4-7-10-12-14-16-18-20-22-24-26-28-30-32-34-37-42-39-38-41(40(42)35-9-6-3)36-33-31-29-27-25-23-21-19-17-15-13-11-8-5-2/h38-39H,4-37H2,1-3H3/q+1. The van der Waals surface area contributed by atoms with E-state index in [1.165, 1.54) is 219 Å². The molecule has 0 unspecified atom stereocenters. The van der Waals surface area contributed by atoms with Crippen molar-refractivity contribution in [3.05, 3.63) is 18.2 Å². The quantitative estimate of drug-likeness (QED) is 0.0560. The largest absolute Gasteiger partial charge is 0.256 e. The molecule has 0 atom stereocenters. The van der Waals surface area contributed by atoms with Gasteiger partial charge in [-0.25, -0.2) is 9.13 Å². The number of hydrogen-bond donors (Lipinski definition) is 0. The fraction of sp³-hybridized carbons (Fsp3) is 0.925. The van der Waals surface area contributed by atoms with E-state index in [2.05, 4.69) is 42.3 Å². The minimum Gasteiger partial charge on any atom is -0.234 e. The van der Waals surface area contributed by atoms with E-state index in [0.717, 1.165) is 0 Å². The van der Waals surface area contributed by atoms with Gasteiger partial charge in [0, 0.05) is 6.42 Å². The zero-order valence-electron chi connectivity index (χ0n) is 29.6. The van der Waals surface area contributed by atoms with Crippen molar-refractivity contribution < 1.29 is 4.57 Å². The molecule has 2 heteroatoms. The molecular formula is C40H79N2+.